The van der Waals surface area contributed by atoms with Crippen molar-refractivity contribution in [3.8, 4) is 5.75 Å². The first-order valence-corrected chi connectivity index (χ1v) is 24.0. The number of carbonyl (C=O) groups excluding carboxylic acids is 5. The summed E-state index contributed by atoms with van der Waals surface area (Å²) in [7, 11) is -3.23. The Labute approximate surface area is 405 Å². The molecule has 0 aliphatic carbocycles. The fraction of sp³-hybridized carbons (Fsp3) is 0.367. The van der Waals surface area contributed by atoms with Crippen LogP contribution in [0.1, 0.15) is 85.1 Å². The summed E-state index contributed by atoms with van der Waals surface area (Å²) in [5.74, 6) is -3.11. The Kier molecular flexibility index (Phi) is 16.1. The number of ether oxygens (including phenoxy) is 2. The second-order valence-electron chi connectivity index (χ2n) is 18.2. The molecule has 6 rings (SSSR count). The maximum absolute atomic E-state index is 15.3. The molecule has 21 heteroatoms. The van der Waals surface area contributed by atoms with Gasteiger partial charge in [-0.2, -0.15) is 0 Å². The molecule has 0 saturated carbocycles. The zero-order valence-electron chi connectivity index (χ0n) is 39.5. The molecule has 2 aliphatic heterocycles. The van der Waals surface area contributed by atoms with Crippen LogP contribution in [-0.4, -0.2) is 102 Å². The molecule has 4 aromatic rings. The second-order valence-corrected chi connectivity index (χ2v) is 20.1. The van der Waals surface area contributed by atoms with Gasteiger partial charge in [-0.25, -0.2) is 23.2 Å². The molecule has 1 fully saturated rings. The molecular formula is C49H58N8O12S. The number of rotatable bonds is 19. The first-order valence-electron chi connectivity index (χ1n) is 22.5. The molecule has 20 nitrogen and oxygen atoms in total. The van der Waals surface area contributed by atoms with Crippen LogP contribution in [0.2, 0.25) is 0 Å². The quantitative estimate of drug-likeness (QED) is 0.0440. The monoisotopic (exact) mass is 982 g/mol. The third-order valence-corrected chi connectivity index (χ3v) is 13.8. The highest BCUT2D eigenvalue weighted by molar-refractivity contribution is 7.95. The Hall–Kier alpha value is -7.20. The zero-order valence-corrected chi connectivity index (χ0v) is 40.3. The predicted octanol–water partition coefficient (Wildman–Crippen LogP) is 4.00. The Morgan fingerprint density at radius 3 is 2.14 bits per heavy atom. The maximum atomic E-state index is 15.3. The van der Waals surface area contributed by atoms with Gasteiger partial charge in [0.05, 0.1) is 29.0 Å². The van der Waals surface area contributed by atoms with Crippen LogP contribution in [0.3, 0.4) is 0 Å². The number of primary amides is 1. The second kappa shape index (κ2) is 21.6. The van der Waals surface area contributed by atoms with Crippen LogP contribution in [0.15, 0.2) is 113 Å². The van der Waals surface area contributed by atoms with E-state index >= 15 is 18.0 Å². The molecule has 5 amide bonds. The van der Waals surface area contributed by atoms with Crippen molar-refractivity contribution in [3.63, 3.8) is 0 Å². The Balaban J connectivity index is 1.42. The number of nitro groups is 1. The topological polar surface area (TPSA) is 296 Å². The number of aliphatic hydroxyl groups excluding tert-OH is 1. The lowest BCUT2D eigenvalue weighted by Crippen LogP contribution is -2.65. The highest BCUT2D eigenvalue weighted by Crippen LogP contribution is 2.48. The number of amides is 5. The van der Waals surface area contributed by atoms with Gasteiger partial charge in [-0.3, -0.25) is 29.3 Å². The van der Waals surface area contributed by atoms with Crippen molar-refractivity contribution in [1.29, 1.82) is 0 Å². The molecule has 0 spiro atoms. The summed E-state index contributed by atoms with van der Waals surface area (Å²) in [5.41, 5.74) is 11.4. The van der Waals surface area contributed by atoms with Gasteiger partial charge in [0, 0.05) is 37.3 Å². The fourth-order valence-corrected chi connectivity index (χ4v) is 9.93. The number of carbonyl (C=O) groups is 5. The fourth-order valence-electron chi connectivity index (χ4n) is 8.20. The van der Waals surface area contributed by atoms with E-state index in [-0.39, 0.29) is 67.9 Å². The SMILES string of the molecule is COc1ccc(C2C(S(=O)(=O)c3ccc(C)cc3)=C(C(=O)N[C@@H](CCCCNC(=O)OC(C)(C)C)C(O)C(=O)NCc3ccc(C(N)=O)cc3)N3C(=O)C(N)(Cc4ccc([N+](=O)[O-])cc4)CCN23)cc1. The number of nitrogens with zero attached hydrogens (tertiary/aromatic N) is 3. The summed E-state index contributed by atoms with van der Waals surface area (Å²) in [6.07, 6.45) is -2.40. The molecule has 372 valence electrons. The van der Waals surface area contributed by atoms with Crippen LogP contribution in [0.5, 0.6) is 5.75 Å². The normalized spacial score (nSPS) is 18.1. The van der Waals surface area contributed by atoms with Gasteiger partial charge < -0.3 is 42.0 Å². The van der Waals surface area contributed by atoms with E-state index in [2.05, 4.69) is 16.0 Å². The van der Waals surface area contributed by atoms with E-state index in [1.807, 2.05) is 0 Å². The number of hydrogen-bond donors (Lipinski definition) is 6. The van der Waals surface area contributed by atoms with Crippen LogP contribution >= 0.6 is 0 Å². The average molecular weight is 983 g/mol. The van der Waals surface area contributed by atoms with E-state index < -0.39 is 84.4 Å². The number of sulfone groups is 1. The average Bonchev–Trinajstić information content (AvgIpc) is 3.68. The lowest BCUT2D eigenvalue weighted by molar-refractivity contribution is -0.384. The largest absolute Gasteiger partial charge is 0.497 e. The number of fused-ring (bicyclic) bond motifs is 1. The summed E-state index contributed by atoms with van der Waals surface area (Å²) < 4.78 is 41.2. The van der Waals surface area contributed by atoms with Crippen molar-refractivity contribution in [2.24, 2.45) is 11.5 Å². The van der Waals surface area contributed by atoms with Crippen molar-refractivity contribution < 1.29 is 51.9 Å². The van der Waals surface area contributed by atoms with Crippen molar-refractivity contribution in [2.45, 2.75) is 101 Å². The lowest BCUT2D eigenvalue weighted by atomic mass is 9.85. The number of nitro benzene ring substituents is 1. The minimum atomic E-state index is -4.69. The molecule has 2 aliphatic rings. The molecule has 4 atom stereocenters. The highest BCUT2D eigenvalue weighted by atomic mass is 32.2. The molecule has 0 bridgehead atoms. The van der Waals surface area contributed by atoms with Gasteiger partial charge in [0.15, 0.2) is 6.10 Å². The van der Waals surface area contributed by atoms with E-state index in [0.29, 0.717) is 22.4 Å². The smallest absolute Gasteiger partial charge is 0.407 e. The minimum Gasteiger partial charge on any atom is -0.497 e. The van der Waals surface area contributed by atoms with Crippen LogP contribution < -0.4 is 32.2 Å². The first kappa shape index (κ1) is 52.2. The number of benzene rings is 4. The predicted molar refractivity (Wildman–Crippen MR) is 256 cm³/mol. The number of hydrazine groups is 1. The number of methoxy groups -OCH3 is 1. The molecule has 70 heavy (non-hydrogen) atoms. The van der Waals surface area contributed by atoms with Crippen LogP contribution in [-0.2, 0) is 41.9 Å². The first-order chi connectivity index (χ1) is 33.0. The standard InChI is InChI=1S/C49H58N8O12S/c1-30-9-23-37(24-10-30)70(66,67)42-39(33-17-21-36(68-5)22-18-33)55-27-25-49(51,28-31-13-19-35(20-14-31)57(64)65)46(62)56(55)40(42)44(60)54-38(8-6-7-26-52-47(63)69-48(2,3)4)41(58)45(61)53-29-32-11-15-34(16-12-32)43(50)59/h9-24,38-39,41,58H,6-8,25-29,51H2,1-5H3,(H2,50,59)(H,52,63)(H,53,61)(H,54,60)/t38-,39?,41?,49?/m0/s1. The third-order valence-electron chi connectivity index (χ3n) is 11.9. The number of aliphatic hydroxyl groups is 1. The van der Waals surface area contributed by atoms with Crippen molar-refractivity contribution in [1.82, 2.24) is 26.0 Å². The Bertz CT molecular complexity index is 2740. The number of non-ortho nitro benzene ring substituents is 1. The number of aryl methyl sites for hydroxylation is 1. The Morgan fingerprint density at radius 1 is 0.929 bits per heavy atom. The van der Waals surface area contributed by atoms with Crippen molar-refractivity contribution in [3.05, 3.63) is 146 Å². The van der Waals surface area contributed by atoms with Gasteiger partial charge >= 0.3 is 6.09 Å². The highest BCUT2D eigenvalue weighted by Gasteiger charge is 2.57. The number of unbranched alkanes of at least 4 members (excludes halogenated alkanes) is 1. The molecular weight excluding hydrogens is 925 g/mol. The van der Waals surface area contributed by atoms with Crippen molar-refractivity contribution in [2.75, 3.05) is 20.2 Å². The Morgan fingerprint density at radius 2 is 1.56 bits per heavy atom. The van der Waals surface area contributed by atoms with Crippen molar-refractivity contribution >= 4 is 45.2 Å². The number of alkyl carbamates (subject to hydrolysis) is 1. The number of nitrogens with two attached hydrogens (primary N) is 2. The van der Waals surface area contributed by atoms with E-state index in [4.69, 9.17) is 20.9 Å². The zero-order chi connectivity index (χ0) is 51.1. The van der Waals surface area contributed by atoms with Gasteiger partial charge in [0.2, 0.25) is 15.7 Å². The molecule has 2 heterocycles. The summed E-state index contributed by atoms with van der Waals surface area (Å²) in [6, 6.07) is 21.2. The van der Waals surface area contributed by atoms with Gasteiger partial charge in [-0.15, -0.1) is 0 Å². The van der Waals surface area contributed by atoms with E-state index in [1.54, 1.807) is 76.2 Å². The molecule has 3 unspecified atom stereocenters. The van der Waals surface area contributed by atoms with E-state index in [9.17, 15) is 29.6 Å². The van der Waals surface area contributed by atoms with E-state index in [1.165, 1.54) is 60.6 Å². The minimum absolute atomic E-state index is 0.0389. The maximum Gasteiger partial charge on any atom is 0.407 e. The number of nitrogens with one attached hydrogen (secondary N) is 3. The van der Waals surface area contributed by atoms with Crippen LogP contribution in [0, 0.1) is 17.0 Å². The molecule has 0 aromatic heterocycles. The lowest BCUT2D eigenvalue weighted by Gasteiger charge is -2.45. The summed E-state index contributed by atoms with van der Waals surface area (Å²) in [6.45, 7) is 6.86. The van der Waals surface area contributed by atoms with Crippen LogP contribution in [0.4, 0.5) is 10.5 Å². The summed E-state index contributed by atoms with van der Waals surface area (Å²) in [5, 5.41) is 33.6. The van der Waals surface area contributed by atoms with Gasteiger partial charge in [0.1, 0.15) is 27.5 Å². The molecule has 1 saturated heterocycles. The summed E-state index contributed by atoms with van der Waals surface area (Å²) >= 11 is 0. The number of hydrogen-bond acceptors (Lipinski definition) is 14. The van der Waals surface area contributed by atoms with Gasteiger partial charge in [0.25, 0.3) is 23.4 Å². The molecule has 8 N–H and O–H groups in total. The molecule has 0 radical (unpaired) electrons. The molecule has 4 aromatic carbocycles. The van der Waals surface area contributed by atoms with Crippen LogP contribution in [0.25, 0.3) is 0 Å². The van der Waals surface area contributed by atoms with E-state index in [0.717, 1.165) is 10.6 Å². The third kappa shape index (κ3) is 12.1. The van der Waals surface area contributed by atoms with Gasteiger partial charge in [-0.05, 0) is 113 Å². The van der Waals surface area contributed by atoms with Gasteiger partial charge in [-0.1, -0.05) is 54.1 Å². The summed E-state index contributed by atoms with van der Waals surface area (Å²) in [4.78, 5) is 78.4.